The second-order valence-electron chi connectivity index (χ2n) is 6.82. The molecule has 0 saturated carbocycles. The molecule has 128 valence electrons. The Labute approximate surface area is 138 Å². The summed E-state index contributed by atoms with van der Waals surface area (Å²) in [5.41, 5.74) is -0.470. The second kappa shape index (κ2) is 7.43. The number of ether oxygens (including phenoxy) is 1. The zero-order valence-electron chi connectivity index (χ0n) is 14.3. The monoisotopic (exact) mass is 320 g/mol. The fourth-order valence-corrected chi connectivity index (χ4v) is 3.07. The van der Waals surface area contributed by atoms with Crippen molar-refractivity contribution in [3.05, 3.63) is 35.9 Å². The van der Waals surface area contributed by atoms with Crippen molar-refractivity contribution < 1.29 is 14.6 Å². The minimum absolute atomic E-state index is 0.0526. The third-order valence-electron chi connectivity index (χ3n) is 4.89. The molecule has 5 nitrogen and oxygen atoms in total. The minimum atomic E-state index is -1.16. The number of benzene rings is 1. The highest BCUT2D eigenvalue weighted by molar-refractivity contribution is 5.77. The quantitative estimate of drug-likeness (QED) is 0.834. The van der Waals surface area contributed by atoms with Crippen LogP contribution in [0.2, 0.25) is 0 Å². The number of carbonyl (C=O) groups is 1. The first-order chi connectivity index (χ1) is 10.9. The van der Waals surface area contributed by atoms with Gasteiger partial charge in [-0.1, -0.05) is 30.3 Å². The predicted molar refractivity (Wildman–Crippen MR) is 90.1 cm³/mol. The average Bonchev–Trinajstić information content (AvgIpc) is 2.54. The van der Waals surface area contributed by atoms with Crippen LogP contribution in [0.5, 0.6) is 0 Å². The van der Waals surface area contributed by atoms with Crippen LogP contribution in [0.15, 0.2) is 30.3 Å². The van der Waals surface area contributed by atoms with Crippen molar-refractivity contribution in [2.45, 2.75) is 37.3 Å². The molecule has 5 heteroatoms. The first-order valence-corrected chi connectivity index (χ1v) is 8.16. The summed E-state index contributed by atoms with van der Waals surface area (Å²) in [7, 11) is 4.08. The molecular formula is C18H28N2O3. The van der Waals surface area contributed by atoms with E-state index in [9.17, 15) is 9.90 Å². The Balaban J connectivity index is 1.94. The molecule has 1 aromatic rings. The molecule has 23 heavy (non-hydrogen) atoms. The van der Waals surface area contributed by atoms with Crippen molar-refractivity contribution in [1.29, 1.82) is 0 Å². The highest BCUT2D eigenvalue weighted by Gasteiger charge is 2.35. The van der Waals surface area contributed by atoms with Crippen molar-refractivity contribution in [3.8, 4) is 0 Å². The number of rotatable bonds is 6. The Hall–Kier alpha value is -1.43. The zero-order chi connectivity index (χ0) is 16.9. The highest BCUT2D eigenvalue weighted by Crippen LogP contribution is 2.26. The SMILES string of the molecule is CN(C)C1(CNC(=O)CC(C)(O)c2ccccc2)CCOCC1. The van der Waals surface area contributed by atoms with E-state index in [0.29, 0.717) is 6.54 Å². The number of aliphatic hydroxyl groups is 1. The van der Waals surface area contributed by atoms with Gasteiger partial charge >= 0.3 is 0 Å². The molecule has 0 radical (unpaired) electrons. The summed E-state index contributed by atoms with van der Waals surface area (Å²) in [4.78, 5) is 14.5. The standard InChI is InChI=1S/C18H28N2O3/c1-17(22,15-7-5-4-6-8-15)13-16(21)19-14-18(20(2)3)9-11-23-12-10-18/h4-8,22H,9-14H2,1-3H3,(H,19,21). The molecule has 2 rings (SSSR count). The largest absolute Gasteiger partial charge is 0.385 e. The number of hydrogen-bond acceptors (Lipinski definition) is 4. The van der Waals surface area contributed by atoms with Crippen LogP contribution >= 0.6 is 0 Å². The summed E-state index contributed by atoms with van der Waals surface area (Å²) < 4.78 is 5.44. The predicted octanol–water partition coefficient (Wildman–Crippen LogP) is 1.51. The van der Waals surface area contributed by atoms with Gasteiger partial charge in [-0.2, -0.15) is 0 Å². The van der Waals surface area contributed by atoms with Crippen molar-refractivity contribution in [2.24, 2.45) is 0 Å². The topological polar surface area (TPSA) is 61.8 Å². The van der Waals surface area contributed by atoms with Gasteiger partial charge in [0.25, 0.3) is 0 Å². The molecule has 0 aliphatic carbocycles. The Bertz CT molecular complexity index is 508. The third kappa shape index (κ3) is 4.53. The lowest BCUT2D eigenvalue weighted by atomic mass is 9.88. The van der Waals surface area contributed by atoms with E-state index < -0.39 is 5.60 Å². The Morgan fingerprint density at radius 2 is 1.91 bits per heavy atom. The Morgan fingerprint density at radius 3 is 2.48 bits per heavy atom. The number of likely N-dealkylation sites (N-methyl/N-ethyl adjacent to an activating group) is 1. The van der Waals surface area contributed by atoms with Gasteiger partial charge in [0.1, 0.15) is 0 Å². The molecule has 1 aromatic carbocycles. The maximum absolute atomic E-state index is 12.3. The van der Waals surface area contributed by atoms with Crippen LogP contribution in [0.25, 0.3) is 0 Å². The van der Waals surface area contributed by atoms with Gasteiger partial charge in [0, 0.05) is 25.3 Å². The summed E-state index contributed by atoms with van der Waals surface area (Å²) in [6.45, 7) is 3.69. The van der Waals surface area contributed by atoms with Gasteiger partial charge in [-0.25, -0.2) is 0 Å². The molecule has 1 amide bonds. The Morgan fingerprint density at radius 1 is 1.30 bits per heavy atom. The van der Waals surface area contributed by atoms with E-state index in [2.05, 4.69) is 10.2 Å². The van der Waals surface area contributed by atoms with Crippen molar-refractivity contribution in [1.82, 2.24) is 10.2 Å². The number of nitrogens with zero attached hydrogens (tertiary/aromatic N) is 1. The van der Waals surface area contributed by atoms with Crippen LogP contribution in [-0.2, 0) is 15.1 Å². The number of amides is 1. The zero-order valence-corrected chi connectivity index (χ0v) is 14.3. The third-order valence-corrected chi connectivity index (χ3v) is 4.89. The van der Waals surface area contributed by atoms with Crippen LogP contribution in [0, 0.1) is 0 Å². The van der Waals surface area contributed by atoms with Crippen molar-refractivity contribution >= 4 is 5.91 Å². The normalized spacial score (nSPS) is 20.0. The molecule has 1 atom stereocenters. The fourth-order valence-electron chi connectivity index (χ4n) is 3.07. The van der Waals surface area contributed by atoms with Crippen LogP contribution in [0.4, 0.5) is 0 Å². The number of nitrogens with one attached hydrogen (secondary N) is 1. The highest BCUT2D eigenvalue weighted by atomic mass is 16.5. The molecule has 0 bridgehead atoms. The summed E-state index contributed by atoms with van der Waals surface area (Å²) in [6, 6.07) is 9.31. The first kappa shape index (κ1) is 17.9. The van der Waals surface area contributed by atoms with Gasteiger partial charge < -0.3 is 20.1 Å². The van der Waals surface area contributed by atoms with E-state index in [0.717, 1.165) is 31.6 Å². The van der Waals surface area contributed by atoms with Crippen LogP contribution < -0.4 is 5.32 Å². The van der Waals surface area contributed by atoms with E-state index in [1.807, 2.05) is 44.4 Å². The summed E-state index contributed by atoms with van der Waals surface area (Å²) >= 11 is 0. The molecule has 1 heterocycles. The van der Waals surface area contributed by atoms with Crippen molar-refractivity contribution in [3.63, 3.8) is 0 Å². The van der Waals surface area contributed by atoms with E-state index in [1.165, 1.54) is 0 Å². The smallest absolute Gasteiger partial charge is 0.223 e. The van der Waals surface area contributed by atoms with E-state index in [4.69, 9.17) is 4.74 Å². The summed E-state index contributed by atoms with van der Waals surface area (Å²) in [5, 5.41) is 13.6. The van der Waals surface area contributed by atoms with E-state index in [1.54, 1.807) is 6.92 Å². The minimum Gasteiger partial charge on any atom is -0.385 e. The fraction of sp³-hybridized carbons (Fsp3) is 0.611. The maximum atomic E-state index is 12.3. The van der Waals surface area contributed by atoms with E-state index in [-0.39, 0.29) is 17.9 Å². The molecule has 1 fully saturated rings. The van der Waals surface area contributed by atoms with Crippen LogP contribution in [-0.4, -0.2) is 55.3 Å². The molecule has 1 saturated heterocycles. The Kier molecular flexibility index (Phi) is 5.79. The average molecular weight is 320 g/mol. The van der Waals surface area contributed by atoms with Crippen molar-refractivity contribution in [2.75, 3.05) is 33.9 Å². The van der Waals surface area contributed by atoms with Gasteiger partial charge in [0.2, 0.25) is 5.91 Å². The van der Waals surface area contributed by atoms with Gasteiger partial charge in [-0.15, -0.1) is 0 Å². The molecule has 0 aromatic heterocycles. The molecule has 1 unspecified atom stereocenters. The van der Waals surface area contributed by atoms with Gasteiger partial charge in [0.15, 0.2) is 0 Å². The molecule has 2 N–H and O–H groups in total. The van der Waals surface area contributed by atoms with Crippen LogP contribution in [0.1, 0.15) is 31.7 Å². The summed E-state index contributed by atoms with van der Waals surface area (Å²) in [5.74, 6) is -0.133. The maximum Gasteiger partial charge on any atom is 0.223 e. The van der Waals surface area contributed by atoms with Gasteiger partial charge in [0.05, 0.1) is 12.0 Å². The lowest BCUT2D eigenvalue weighted by Crippen LogP contribution is -2.56. The molecule has 0 spiro atoms. The molecule has 1 aliphatic rings. The van der Waals surface area contributed by atoms with Gasteiger partial charge in [-0.3, -0.25) is 4.79 Å². The lowest BCUT2D eigenvalue weighted by molar-refractivity contribution is -0.127. The number of hydrogen-bond donors (Lipinski definition) is 2. The number of carbonyl (C=O) groups excluding carboxylic acids is 1. The lowest BCUT2D eigenvalue weighted by Gasteiger charge is -2.43. The van der Waals surface area contributed by atoms with E-state index >= 15 is 0 Å². The van der Waals surface area contributed by atoms with Crippen LogP contribution in [0.3, 0.4) is 0 Å². The molecule has 1 aliphatic heterocycles. The summed E-state index contributed by atoms with van der Waals surface area (Å²) in [6.07, 6.45) is 1.85. The molecular weight excluding hydrogens is 292 g/mol. The second-order valence-corrected chi connectivity index (χ2v) is 6.82. The van der Waals surface area contributed by atoms with Gasteiger partial charge in [-0.05, 0) is 39.4 Å². The first-order valence-electron chi connectivity index (χ1n) is 8.16.